The number of aliphatic hydroxyl groups excluding tert-OH is 2. The Bertz CT molecular complexity index is 2020. The Balaban J connectivity index is 1.42. The Labute approximate surface area is 313 Å². The van der Waals surface area contributed by atoms with E-state index in [0.717, 1.165) is 9.79 Å². The van der Waals surface area contributed by atoms with Crippen molar-refractivity contribution in [2.75, 3.05) is 41.9 Å². The Morgan fingerprint density at radius 1 is 1.06 bits per heavy atom. The Kier molecular flexibility index (Phi) is 13.2. The van der Waals surface area contributed by atoms with Crippen LogP contribution in [0.3, 0.4) is 0 Å². The third kappa shape index (κ3) is 9.82. The van der Waals surface area contributed by atoms with Crippen LogP contribution < -0.4 is 20.9 Å². The van der Waals surface area contributed by atoms with E-state index in [2.05, 4.69) is 16.0 Å². The van der Waals surface area contributed by atoms with Crippen molar-refractivity contribution in [3.8, 4) is 0 Å². The normalized spacial score (nSPS) is 16.6. The molecular weight excluding hydrogens is 721 g/mol. The van der Waals surface area contributed by atoms with Crippen LogP contribution in [0.1, 0.15) is 42.6 Å². The van der Waals surface area contributed by atoms with E-state index in [-0.39, 0.29) is 48.5 Å². The quantitative estimate of drug-likeness (QED) is 0.126. The maximum Gasteiger partial charge on any atom is 0.255 e. The summed E-state index contributed by atoms with van der Waals surface area (Å²) in [7, 11) is -2.62. The highest BCUT2D eigenvalue weighted by molar-refractivity contribution is 8.00. The van der Waals surface area contributed by atoms with E-state index in [4.69, 9.17) is 5.11 Å². The number of aliphatic hydroxyl groups is 2. The fourth-order valence-electron chi connectivity index (χ4n) is 5.91. The lowest BCUT2D eigenvalue weighted by Gasteiger charge is -2.30. The standard InChI is InChI=1S/C38H42N4O7S3/c1-38(2,39-20-26(44)22-43)19-35(45)40-31-23-51-33-18-27(50-3)14-16-32(33)42(37(31)47)21-24-13-15-29(34(17-24)52(48)49)28-11-7-8-12-30(28)41-36(46)25-9-5-4-6-10-25/h4-16,18,26,31,39,43-44H,17,19-23H2,1-3H3,(H,40,45)(H,41,46)/t26-,31+/m0/s1. The number of amides is 3. The average molecular weight is 763 g/mol. The molecule has 14 heteroatoms. The minimum absolute atomic E-state index is 0.0167. The van der Waals surface area contributed by atoms with Gasteiger partial charge in [-0.1, -0.05) is 48.6 Å². The van der Waals surface area contributed by atoms with Gasteiger partial charge in [-0.25, -0.2) is 0 Å². The number of nitrogens with one attached hydrogen (secondary N) is 3. The lowest BCUT2D eigenvalue weighted by molar-refractivity contribution is -0.127. The summed E-state index contributed by atoms with van der Waals surface area (Å²) < 4.78 is 25.5. The monoisotopic (exact) mass is 762 g/mol. The minimum Gasteiger partial charge on any atom is -0.394 e. The number of β-amino-alcohol motifs (C(OH)–C–C–N with tert-alkyl or cyclic N) is 1. The van der Waals surface area contributed by atoms with E-state index in [9.17, 15) is 27.9 Å². The lowest BCUT2D eigenvalue weighted by atomic mass is 9.91. The molecule has 3 aromatic carbocycles. The number of anilines is 2. The van der Waals surface area contributed by atoms with E-state index >= 15 is 0 Å². The molecule has 0 unspecified atom stereocenters. The Hall–Kier alpha value is -4.18. The molecule has 274 valence electrons. The predicted octanol–water partition coefficient (Wildman–Crippen LogP) is 4.16. The molecule has 5 N–H and O–H groups in total. The molecule has 52 heavy (non-hydrogen) atoms. The van der Waals surface area contributed by atoms with E-state index in [1.165, 1.54) is 11.8 Å². The first-order valence-electron chi connectivity index (χ1n) is 16.7. The molecular formula is C38H42N4O7S3. The van der Waals surface area contributed by atoms with Crippen LogP contribution >= 0.6 is 23.5 Å². The largest absolute Gasteiger partial charge is 0.394 e. The topological polar surface area (TPSA) is 165 Å². The Morgan fingerprint density at radius 3 is 2.50 bits per heavy atom. The van der Waals surface area contributed by atoms with Gasteiger partial charge in [-0.15, -0.1) is 23.5 Å². The van der Waals surface area contributed by atoms with E-state index in [1.807, 2.05) is 36.6 Å². The van der Waals surface area contributed by atoms with Gasteiger partial charge in [0.2, 0.25) is 16.2 Å². The van der Waals surface area contributed by atoms with Gasteiger partial charge in [0.25, 0.3) is 11.8 Å². The van der Waals surface area contributed by atoms with Crippen molar-refractivity contribution in [1.29, 1.82) is 0 Å². The second-order valence-corrected chi connectivity index (χ2v) is 16.0. The van der Waals surface area contributed by atoms with Crippen LogP contribution in [0.15, 0.2) is 100 Å². The SMILES string of the molecule is CSc1ccc2c(c1)SC[C@@H](NC(=O)CC(C)(C)NC[C@H](O)CO)C(=O)N2CC1=CC=C(c2ccccc2NC(=O)c2ccccc2)C(=S(=O)=O)C1. The first kappa shape index (κ1) is 39.0. The van der Waals surface area contributed by atoms with Gasteiger partial charge < -0.3 is 31.1 Å². The fraction of sp³-hybridized carbons (Fsp3) is 0.316. The molecule has 0 fully saturated rings. The number of fused-ring (bicyclic) bond motifs is 1. The van der Waals surface area contributed by atoms with Gasteiger partial charge in [-0.05, 0) is 62.1 Å². The molecule has 11 nitrogen and oxygen atoms in total. The molecule has 0 saturated carbocycles. The first-order valence-corrected chi connectivity index (χ1v) is 19.9. The van der Waals surface area contributed by atoms with Crippen molar-refractivity contribution < 1.29 is 33.0 Å². The second-order valence-electron chi connectivity index (χ2n) is 13.1. The molecule has 3 aromatic rings. The van der Waals surface area contributed by atoms with E-state index < -0.39 is 34.6 Å². The summed E-state index contributed by atoms with van der Waals surface area (Å²) in [6.07, 6.45) is 4.57. The number of hydrogen-bond acceptors (Lipinski definition) is 10. The molecule has 1 aliphatic carbocycles. The van der Waals surface area contributed by atoms with Gasteiger partial charge in [0, 0.05) is 69.4 Å². The number of thioether (sulfide) groups is 2. The molecule has 5 rings (SSSR count). The van der Waals surface area contributed by atoms with Crippen LogP contribution in [0.4, 0.5) is 11.4 Å². The lowest BCUT2D eigenvalue weighted by Crippen LogP contribution is -2.53. The maximum absolute atomic E-state index is 14.3. The van der Waals surface area contributed by atoms with Crippen molar-refractivity contribution in [2.24, 2.45) is 0 Å². The van der Waals surface area contributed by atoms with E-state index in [1.54, 1.807) is 85.1 Å². The summed E-state index contributed by atoms with van der Waals surface area (Å²) in [5.74, 6) is -0.717. The van der Waals surface area contributed by atoms with Gasteiger partial charge >= 0.3 is 0 Å². The first-order chi connectivity index (χ1) is 24.9. The molecule has 0 spiro atoms. The van der Waals surface area contributed by atoms with Gasteiger partial charge in [-0.2, -0.15) is 8.42 Å². The summed E-state index contributed by atoms with van der Waals surface area (Å²) in [5, 5.41) is 27.8. The number of nitrogens with zero attached hydrogens (tertiary/aromatic N) is 1. The summed E-state index contributed by atoms with van der Waals surface area (Å²) in [5.41, 5.74) is 2.53. The number of rotatable bonds is 13. The number of allylic oxidation sites excluding steroid dienone is 3. The van der Waals surface area contributed by atoms with Crippen LogP contribution in [0.25, 0.3) is 5.57 Å². The zero-order chi connectivity index (χ0) is 37.4. The van der Waals surface area contributed by atoms with Crippen LogP contribution in [-0.4, -0.2) is 90.6 Å². The third-order valence-electron chi connectivity index (χ3n) is 8.63. The van der Waals surface area contributed by atoms with Crippen LogP contribution in [0, 0.1) is 0 Å². The molecule has 3 amide bonds. The van der Waals surface area contributed by atoms with Gasteiger partial charge in [0.15, 0.2) is 0 Å². The zero-order valence-electron chi connectivity index (χ0n) is 29.1. The number of hydrogen-bond donors (Lipinski definition) is 5. The highest BCUT2D eigenvalue weighted by atomic mass is 32.2. The van der Waals surface area contributed by atoms with Crippen LogP contribution in [0.5, 0.6) is 0 Å². The highest BCUT2D eigenvalue weighted by Crippen LogP contribution is 2.38. The van der Waals surface area contributed by atoms with Gasteiger partial charge in [-0.3, -0.25) is 14.4 Å². The summed E-state index contributed by atoms with van der Waals surface area (Å²) in [4.78, 5) is 44.1. The Morgan fingerprint density at radius 2 is 1.79 bits per heavy atom. The molecule has 0 aromatic heterocycles. The maximum atomic E-state index is 14.3. The summed E-state index contributed by atoms with van der Waals surface area (Å²) >= 11 is 3.04. The molecule has 1 aliphatic heterocycles. The number of carbonyl (C=O) groups excluding carboxylic acids is 3. The summed E-state index contributed by atoms with van der Waals surface area (Å²) in [6, 6.07) is 20.7. The minimum atomic E-state index is -2.62. The second kappa shape index (κ2) is 17.6. The summed E-state index contributed by atoms with van der Waals surface area (Å²) in [6.45, 7) is 3.37. The van der Waals surface area contributed by atoms with Crippen molar-refractivity contribution in [1.82, 2.24) is 10.6 Å². The van der Waals surface area contributed by atoms with Crippen molar-refractivity contribution in [2.45, 2.75) is 54.2 Å². The van der Waals surface area contributed by atoms with Crippen LogP contribution in [0.2, 0.25) is 0 Å². The number of carbonyl (C=O) groups is 3. The van der Waals surface area contributed by atoms with Gasteiger partial charge in [0.1, 0.15) is 6.04 Å². The van der Waals surface area contributed by atoms with Crippen molar-refractivity contribution >= 4 is 73.4 Å². The zero-order valence-corrected chi connectivity index (χ0v) is 31.5. The fourth-order valence-corrected chi connectivity index (χ4v) is 8.20. The predicted molar refractivity (Wildman–Crippen MR) is 208 cm³/mol. The highest BCUT2D eigenvalue weighted by Gasteiger charge is 2.34. The number of para-hydroxylation sites is 1. The molecule has 0 saturated heterocycles. The molecule has 0 radical (unpaired) electrons. The third-order valence-corrected chi connectivity index (χ3v) is 11.3. The van der Waals surface area contributed by atoms with E-state index in [0.29, 0.717) is 39.4 Å². The van der Waals surface area contributed by atoms with Gasteiger partial charge in [0.05, 0.1) is 23.3 Å². The molecule has 2 atom stereocenters. The smallest absolute Gasteiger partial charge is 0.255 e. The molecule has 2 aliphatic rings. The average Bonchev–Trinajstić information content (AvgIpc) is 3.26. The number of benzene rings is 3. The molecule has 1 heterocycles. The molecule has 0 bridgehead atoms. The van der Waals surface area contributed by atoms with Crippen molar-refractivity contribution in [3.63, 3.8) is 0 Å². The van der Waals surface area contributed by atoms with Crippen molar-refractivity contribution in [3.05, 3.63) is 102 Å². The van der Waals surface area contributed by atoms with Crippen LogP contribution in [-0.2, 0) is 19.9 Å².